The Bertz CT molecular complexity index is 446. The summed E-state index contributed by atoms with van der Waals surface area (Å²) in [5.41, 5.74) is 7.46. The monoisotopic (exact) mass is 439 g/mol. The highest BCUT2D eigenvalue weighted by Gasteiger charge is 2.04. The van der Waals surface area contributed by atoms with E-state index < -0.39 is 0 Å². The van der Waals surface area contributed by atoms with Gasteiger partial charge in [0.1, 0.15) is 0 Å². The predicted octanol–water partition coefficient (Wildman–Crippen LogP) is 2.86. The summed E-state index contributed by atoms with van der Waals surface area (Å²) in [5, 5.41) is 14.5. The van der Waals surface area contributed by atoms with Crippen LogP contribution in [0, 0.1) is 5.41 Å². The van der Waals surface area contributed by atoms with Crippen LogP contribution in [0.5, 0.6) is 0 Å². The average Bonchev–Trinajstić information content (AvgIpc) is 2.45. The van der Waals surface area contributed by atoms with Crippen molar-refractivity contribution < 1.29 is 0 Å². The summed E-state index contributed by atoms with van der Waals surface area (Å²) >= 11 is 6.94. The molecule has 0 atom stereocenters. The lowest BCUT2D eigenvalue weighted by molar-refractivity contribution is 0.536. The summed E-state index contributed by atoms with van der Waals surface area (Å²) in [6.45, 7) is 1.93. The Morgan fingerprint density at radius 3 is 2.19 bits per heavy atom. The fourth-order valence-corrected chi connectivity index (χ4v) is 2.42. The fraction of sp³-hybridized carbons (Fsp3) is 0.385. The zero-order valence-electron chi connectivity index (χ0n) is 11.8. The van der Waals surface area contributed by atoms with Crippen molar-refractivity contribution in [1.29, 1.82) is 5.41 Å². The molecule has 1 aromatic carbocycles. The smallest absolute Gasteiger partial charge is 0.208 e. The second kappa shape index (κ2) is 10.9. The molecule has 3 N–H and O–H groups in total. The van der Waals surface area contributed by atoms with E-state index >= 15 is 0 Å². The van der Waals surface area contributed by atoms with Gasteiger partial charge in [0.2, 0.25) is 5.96 Å². The van der Waals surface area contributed by atoms with E-state index in [1.54, 1.807) is 13.3 Å². The van der Waals surface area contributed by atoms with Crippen LogP contribution in [0.3, 0.4) is 0 Å². The van der Waals surface area contributed by atoms with E-state index in [1.165, 1.54) is 10.7 Å². The lowest BCUT2D eigenvalue weighted by Crippen LogP contribution is -2.28. The zero-order chi connectivity index (χ0) is 15.0. The van der Waals surface area contributed by atoms with Gasteiger partial charge in [-0.15, -0.1) is 12.4 Å². The van der Waals surface area contributed by atoms with Crippen LogP contribution in [-0.2, 0) is 0 Å². The molecule has 1 aromatic rings. The third-order valence-electron chi connectivity index (χ3n) is 2.70. The van der Waals surface area contributed by atoms with Crippen molar-refractivity contribution >= 4 is 62.1 Å². The minimum Gasteiger partial charge on any atom is -0.370 e. The van der Waals surface area contributed by atoms with Gasteiger partial charge in [0.15, 0.2) is 0 Å². The van der Waals surface area contributed by atoms with Crippen LogP contribution >= 0.6 is 44.3 Å². The number of hydrogen-bond acceptors (Lipinski definition) is 3. The van der Waals surface area contributed by atoms with E-state index in [9.17, 15) is 0 Å². The molecular weight excluding hydrogens is 421 g/mol. The first kappa shape index (κ1) is 20.2. The van der Waals surface area contributed by atoms with Crippen molar-refractivity contribution in [3.8, 4) is 0 Å². The van der Waals surface area contributed by atoms with Gasteiger partial charge in [-0.2, -0.15) is 5.10 Å². The summed E-state index contributed by atoms with van der Waals surface area (Å²) in [7, 11) is 1.64. The first-order chi connectivity index (χ1) is 9.58. The number of nitrogens with two attached hydrogens (primary N) is 1. The van der Waals surface area contributed by atoms with Crippen LogP contribution in [0.25, 0.3) is 0 Å². The molecule has 0 unspecified atom stereocenters. The van der Waals surface area contributed by atoms with Crippen molar-refractivity contribution in [2.45, 2.75) is 0 Å². The lowest BCUT2D eigenvalue weighted by Gasteiger charge is -2.23. The van der Waals surface area contributed by atoms with Gasteiger partial charge < -0.3 is 10.6 Å². The molecule has 21 heavy (non-hydrogen) atoms. The summed E-state index contributed by atoms with van der Waals surface area (Å²) in [6.07, 6.45) is 1.69. The third-order valence-corrected chi connectivity index (χ3v) is 3.41. The van der Waals surface area contributed by atoms with Crippen molar-refractivity contribution in [3.05, 3.63) is 29.8 Å². The number of rotatable bonds is 7. The molecule has 0 aliphatic carbocycles. The van der Waals surface area contributed by atoms with Gasteiger partial charge in [-0.3, -0.25) is 5.41 Å². The van der Waals surface area contributed by atoms with Gasteiger partial charge in [0.05, 0.1) is 6.21 Å². The van der Waals surface area contributed by atoms with Crippen LogP contribution in [0.15, 0.2) is 29.4 Å². The molecule has 0 radical (unpaired) electrons. The molecular formula is C13H20Br2ClN5. The van der Waals surface area contributed by atoms with Crippen molar-refractivity contribution in [3.63, 3.8) is 0 Å². The largest absolute Gasteiger partial charge is 0.370 e. The zero-order valence-corrected chi connectivity index (χ0v) is 15.8. The highest BCUT2D eigenvalue weighted by Crippen LogP contribution is 2.15. The standard InChI is InChI=1S/C13H19Br2N5.ClH/c1-19(13(16)17)18-10-11-2-4-12(5-3-11)20(8-6-14)9-7-15;/h2-5,10H,6-9H2,1H3,(H3,16,17);1H/b18-10-;. The van der Waals surface area contributed by atoms with Crippen molar-refractivity contribution in [1.82, 2.24) is 5.01 Å². The van der Waals surface area contributed by atoms with E-state index in [2.05, 4.69) is 54.0 Å². The molecule has 0 aliphatic rings. The third kappa shape index (κ3) is 7.15. The normalized spacial score (nSPS) is 10.2. The fourth-order valence-electron chi connectivity index (χ4n) is 1.56. The molecule has 118 valence electrons. The summed E-state index contributed by atoms with van der Waals surface area (Å²) in [5.74, 6) is -0.0845. The van der Waals surface area contributed by atoms with Gasteiger partial charge in [-0.25, -0.2) is 5.01 Å². The molecule has 0 bridgehead atoms. The molecule has 0 amide bonds. The average molecular weight is 442 g/mol. The van der Waals surface area contributed by atoms with Gasteiger partial charge in [0, 0.05) is 36.5 Å². The Balaban J connectivity index is 0.00000400. The molecule has 0 fully saturated rings. The number of nitrogens with one attached hydrogen (secondary N) is 1. The molecule has 0 aliphatic heterocycles. The first-order valence-electron chi connectivity index (χ1n) is 6.17. The van der Waals surface area contributed by atoms with Gasteiger partial charge in [-0.05, 0) is 17.7 Å². The van der Waals surface area contributed by atoms with E-state index in [1.807, 2.05) is 12.1 Å². The Morgan fingerprint density at radius 1 is 1.24 bits per heavy atom. The Morgan fingerprint density at radius 2 is 1.76 bits per heavy atom. The maximum atomic E-state index is 7.22. The predicted molar refractivity (Wildman–Crippen MR) is 101 cm³/mol. The summed E-state index contributed by atoms with van der Waals surface area (Å²) in [6, 6.07) is 8.14. The maximum Gasteiger partial charge on any atom is 0.208 e. The summed E-state index contributed by atoms with van der Waals surface area (Å²) < 4.78 is 0. The highest BCUT2D eigenvalue weighted by atomic mass is 79.9. The number of nitrogens with zero attached hydrogens (tertiary/aromatic N) is 3. The summed E-state index contributed by atoms with van der Waals surface area (Å²) in [4.78, 5) is 2.30. The van der Waals surface area contributed by atoms with Gasteiger partial charge >= 0.3 is 0 Å². The maximum absolute atomic E-state index is 7.22. The molecule has 0 heterocycles. The number of benzene rings is 1. The molecule has 0 saturated carbocycles. The number of hydrazone groups is 1. The minimum absolute atomic E-state index is 0. The van der Waals surface area contributed by atoms with Crippen molar-refractivity contribution in [2.24, 2.45) is 10.8 Å². The molecule has 0 spiro atoms. The number of hydrogen-bond donors (Lipinski definition) is 2. The van der Waals surface area contributed by atoms with E-state index in [-0.39, 0.29) is 18.4 Å². The number of anilines is 1. The van der Waals surface area contributed by atoms with Crippen LogP contribution in [0.4, 0.5) is 5.69 Å². The number of halogens is 3. The second-order valence-corrected chi connectivity index (χ2v) is 5.70. The molecule has 0 aromatic heterocycles. The minimum atomic E-state index is -0.0845. The Hall–Kier alpha value is -0.790. The second-order valence-electron chi connectivity index (χ2n) is 4.11. The molecule has 1 rings (SSSR count). The van der Waals surface area contributed by atoms with E-state index in [0.717, 1.165) is 29.3 Å². The first-order valence-corrected chi connectivity index (χ1v) is 8.41. The SMILES string of the molecule is CN(/N=C\c1ccc(N(CCBr)CCBr)cc1)C(=N)N.Cl. The lowest BCUT2D eigenvalue weighted by atomic mass is 10.2. The van der Waals surface area contributed by atoms with Gasteiger partial charge in [-0.1, -0.05) is 44.0 Å². The molecule has 5 nitrogen and oxygen atoms in total. The van der Waals surface area contributed by atoms with E-state index in [4.69, 9.17) is 11.1 Å². The highest BCUT2D eigenvalue weighted by molar-refractivity contribution is 9.09. The Labute approximate surface area is 148 Å². The van der Waals surface area contributed by atoms with E-state index in [0.29, 0.717) is 0 Å². The van der Waals surface area contributed by atoms with Crippen LogP contribution in [-0.4, -0.2) is 48.0 Å². The topological polar surface area (TPSA) is 68.7 Å². The quantitative estimate of drug-likeness (QED) is 0.296. The Kier molecular flexibility index (Phi) is 10.5. The van der Waals surface area contributed by atoms with Crippen LogP contribution < -0.4 is 10.6 Å². The van der Waals surface area contributed by atoms with Gasteiger partial charge in [0.25, 0.3) is 0 Å². The molecule has 8 heteroatoms. The van der Waals surface area contributed by atoms with Crippen LogP contribution in [0.2, 0.25) is 0 Å². The van der Waals surface area contributed by atoms with Crippen LogP contribution in [0.1, 0.15) is 5.56 Å². The number of guanidine groups is 1. The molecule has 0 saturated heterocycles. The number of alkyl halides is 2. The van der Waals surface area contributed by atoms with Crippen molar-refractivity contribution in [2.75, 3.05) is 35.7 Å².